The third-order valence-electron chi connectivity index (χ3n) is 6.78. The van der Waals surface area contributed by atoms with Crippen molar-refractivity contribution in [1.82, 2.24) is 15.6 Å². The summed E-state index contributed by atoms with van der Waals surface area (Å²) in [5.41, 5.74) is 2.09. The van der Waals surface area contributed by atoms with E-state index in [2.05, 4.69) is 22.2 Å². The molecular formula is C26H33N4O11S3+. The second kappa shape index (κ2) is 13.2. The zero-order chi connectivity index (χ0) is 33.1. The first kappa shape index (κ1) is 34.9. The molecule has 3 rings (SSSR count). The molecule has 44 heavy (non-hydrogen) atoms. The summed E-state index contributed by atoms with van der Waals surface area (Å²) in [6.07, 6.45) is 1.80. The van der Waals surface area contributed by atoms with Crippen molar-refractivity contribution in [3.63, 3.8) is 0 Å². The molecule has 5 N–H and O–H groups in total. The fourth-order valence-corrected chi connectivity index (χ4v) is 5.98. The summed E-state index contributed by atoms with van der Waals surface area (Å²) in [5.74, 6) is -3.65. The number of rotatable bonds is 14. The fourth-order valence-electron chi connectivity index (χ4n) is 4.77. The summed E-state index contributed by atoms with van der Waals surface area (Å²) in [6, 6.07) is 8.02. The number of fused-ring (bicyclic) bond motifs is 1. The summed E-state index contributed by atoms with van der Waals surface area (Å²) in [6.45, 7) is 7.15. The van der Waals surface area contributed by atoms with Crippen LogP contribution in [0.3, 0.4) is 0 Å². The van der Waals surface area contributed by atoms with Crippen LogP contribution in [-0.2, 0) is 35.8 Å². The Labute approximate surface area is 255 Å². The Hall–Kier alpha value is -3.55. The maximum absolute atomic E-state index is 12.8. The van der Waals surface area contributed by atoms with E-state index in [0.29, 0.717) is 11.1 Å². The number of hydrogen-bond acceptors (Lipinski definition) is 9. The Bertz CT molecular complexity index is 1780. The van der Waals surface area contributed by atoms with Crippen LogP contribution in [0.25, 0.3) is 11.1 Å². The molecule has 240 valence electrons. The molecule has 18 heteroatoms. The molecule has 1 aromatic carbocycles. The zero-order valence-corrected chi connectivity index (χ0v) is 26.3. The third kappa shape index (κ3) is 9.23. The lowest BCUT2D eigenvalue weighted by Crippen LogP contribution is -2.32. The number of allylic oxidation sites excluding steroid dienone is 1. The quantitative estimate of drug-likeness (QED) is 0.138. The average Bonchev–Trinajstić information content (AvgIpc) is 3.11. The maximum atomic E-state index is 12.8. The summed E-state index contributed by atoms with van der Waals surface area (Å²) in [4.78, 5) is 29.7. The highest BCUT2D eigenvalue weighted by Gasteiger charge is 2.44. The lowest BCUT2D eigenvalue weighted by Gasteiger charge is -2.16. The first-order valence-electron chi connectivity index (χ1n) is 13.1. The van der Waals surface area contributed by atoms with Gasteiger partial charge < -0.3 is 10.6 Å². The normalized spacial score (nSPS) is 14.7. The molecule has 0 unspecified atom stereocenters. The predicted octanol–water partition coefficient (Wildman–Crippen LogP) is 0.824. The van der Waals surface area contributed by atoms with Crippen LogP contribution in [0, 0.1) is 0 Å². The van der Waals surface area contributed by atoms with E-state index in [1.165, 1.54) is 12.1 Å². The van der Waals surface area contributed by atoms with E-state index in [9.17, 15) is 34.8 Å². The van der Waals surface area contributed by atoms with E-state index < -0.39 is 77.9 Å². The molecular weight excluding hydrogens is 641 g/mol. The van der Waals surface area contributed by atoms with Crippen molar-refractivity contribution in [1.29, 1.82) is 0 Å². The number of aromatic nitrogens is 1. The van der Waals surface area contributed by atoms with Gasteiger partial charge in [0.25, 0.3) is 42.2 Å². The Balaban J connectivity index is 2.03. The second-order valence-electron chi connectivity index (χ2n) is 10.4. The SMILES string of the molecule is C=CC1=[N+](CCCS(=O)(=O)O)c2ccc(-c3cc(C(=O)NCCS(=O)(=O)O)nc(C(=O)NCCS(=O)(=O)O)c3)cc2C1(C)C. The van der Waals surface area contributed by atoms with Gasteiger partial charge in [0.05, 0.1) is 22.7 Å². The summed E-state index contributed by atoms with van der Waals surface area (Å²) in [7, 11) is -12.9. The number of nitrogens with one attached hydrogen (secondary N) is 2. The molecule has 0 aliphatic carbocycles. The molecule has 2 heterocycles. The molecule has 0 bridgehead atoms. The smallest absolute Gasteiger partial charge is 0.269 e. The van der Waals surface area contributed by atoms with Gasteiger partial charge in [-0.15, -0.1) is 0 Å². The topological polar surface area (TPSA) is 237 Å². The van der Waals surface area contributed by atoms with Crippen molar-refractivity contribution >= 4 is 53.6 Å². The Kier molecular flexibility index (Phi) is 10.5. The zero-order valence-electron chi connectivity index (χ0n) is 23.8. The molecule has 2 aromatic rings. The fraction of sp³-hybridized carbons (Fsp3) is 0.385. The van der Waals surface area contributed by atoms with Crippen LogP contribution < -0.4 is 10.6 Å². The van der Waals surface area contributed by atoms with Gasteiger partial charge in [-0.25, -0.2) is 4.98 Å². The van der Waals surface area contributed by atoms with Gasteiger partial charge in [-0.1, -0.05) is 6.58 Å². The van der Waals surface area contributed by atoms with Crippen LogP contribution in [0.2, 0.25) is 0 Å². The van der Waals surface area contributed by atoms with Crippen LogP contribution in [0.5, 0.6) is 0 Å². The van der Waals surface area contributed by atoms with Gasteiger partial charge >= 0.3 is 0 Å². The number of nitrogens with zero attached hydrogens (tertiary/aromatic N) is 2. The molecule has 1 aliphatic rings. The van der Waals surface area contributed by atoms with Crippen LogP contribution in [-0.4, -0.2) is 103 Å². The van der Waals surface area contributed by atoms with Crippen molar-refractivity contribution in [2.75, 3.05) is 36.9 Å². The van der Waals surface area contributed by atoms with Crippen molar-refractivity contribution in [3.05, 3.63) is 59.9 Å². The number of pyridine rings is 1. The second-order valence-corrected chi connectivity index (χ2v) is 15.2. The van der Waals surface area contributed by atoms with Crippen molar-refractivity contribution in [2.24, 2.45) is 0 Å². The van der Waals surface area contributed by atoms with Crippen molar-refractivity contribution < 1.29 is 53.1 Å². The van der Waals surface area contributed by atoms with Crippen LogP contribution in [0.4, 0.5) is 5.69 Å². The molecule has 1 aromatic heterocycles. The monoisotopic (exact) mass is 673 g/mol. The van der Waals surface area contributed by atoms with Crippen LogP contribution in [0.15, 0.2) is 43.0 Å². The van der Waals surface area contributed by atoms with Crippen LogP contribution >= 0.6 is 0 Å². The number of carbonyl (C=O) groups excluding carboxylic acids is 2. The van der Waals surface area contributed by atoms with E-state index >= 15 is 0 Å². The van der Waals surface area contributed by atoms with E-state index in [1.54, 1.807) is 18.2 Å². The maximum Gasteiger partial charge on any atom is 0.269 e. The predicted molar refractivity (Wildman–Crippen MR) is 161 cm³/mol. The molecule has 1 aliphatic heterocycles. The number of amides is 2. The van der Waals surface area contributed by atoms with Crippen LogP contribution in [0.1, 0.15) is 46.8 Å². The molecule has 0 radical (unpaired) electrons. The van der Waals surface area contributed by atoms with Gasteiger partial charge in [0, 0.05) is 31.1 Å². The number of hydrogen-bond donors (Lipinski definition) is 5. The lowest BCUT2D eigenvalue weighted by molar-refractivity contribution is -0.437. The van der Waals surface area contributed by atoms with E-state index in [1.807, 2.05) is 24.5 Å². The first-order chi connectivity index (χ1) is 20.2. The van der Waals surface area contributed by atoms with Crippen molar-refractivity contribution in [3.8, 4) is 11.1 Å². The Morgan fingerprint density at radius 3 is 1.80 bits per heavy atom. The molecule has 0 fully saturated rings. The van der Waals surface area contributed by atoms with Gasteiger partial charge in [-0.3, -0.25) is 23.2 Å². The molecule has 0 saturated heterocycles. The highest BCUT2D eigenvalue weighted by molar-refractivity contribution is 7.86. The van der Waals surface area contributed by atoms with Gasteiger partial charge in [-0.2, -0.15) is 29.8 Å². The molecule has 15 nitrogen and oxygen atoms in total. The summed E-state index contributed by atoms with van der Waals surface area (Å²) >= 11 is 0. The van der Waals surface area contributed by atoms with E-state index in [0.717, 1.165) is 17.0 Å². The Morgan fingerprint density at radius 2 is 1.34 bits per heavy atom. The Morgan fingerprint density at radius 1 is 0.841 bits per heavy atom. The minimum atomic E-state index is -4.36. The average molecular weight is 674 g/mol. The highest BCUT2D eigenvalue weighted by Crippen LogP contribution is 2.42. The highest BCUT2D eigenvalue weighted by atomic mass is 32.2. The minimum Gasteiger partial charge on any atom is -0.350 e. The van der Waals surface area contributed by atoms with Gasteiger partial charge in [0.15, 0.2) is 5.71 Å². The third-order valence-corrected chi connectivity index (χ3v) is 9.03. The van der Waals surface area contributed by atoms with Gasteiger partial charge in [0.2, 0.25) is 5.69 Å². The number of carbonyl (C=O) groups is 2. The van der Waals surface area contributed by atoms with Gasteiger partial charge in [-0.05, 0) is 55.3 Å². The molecule has 0 atom stereocenters. The summed E-state index contributed by atoms with van der Waals surface area (Å²) < 4.78 is 95.6. The van der Waals surface area contributed by atoms with E-state index in [-0.39, 0.29) is 24.4 Å². The van der Waals surface area contributed by atoms with E-state index in [4.69, 9.17) is 13.7 Å². The first-order valence-corrected chi connectivity index (χ1v) is 17.9. The lowest BCUT2D eigenvalue weighted by atomic mass is 9.80. The largest absolute Gasteiger partial charge is 0.350 e. The standard InChI is InChI=1S/C26H32N4O11S3/c1-4-23-26(2,3)19-14-17(6-7-22(19)30(23)10-5-11-42(33,34)35)18-15-20(24(31)27-8-12-43(36,37)38)29-21(16-18)25(32)28-9-13-44(39,40)41/h4,6-7,14-16H,1,5,8-13H2,2-3H3,(H4-,27,28,31,32,33,34,35,36,37,38,39,40,41)/p+1. The number of benzene rings is 1. The minimum absolute atomic E-state index is 0.143. The molecule has 0 saturated carbocycles. The summed E-state index contributed by atoms with van der Waals surface area (Å²) in [5, 5.41) is 4.60. The van der Waals surface area contributed by atoms with Crippen molar-refractivity contribution in [2.45, 2.75) is 25.7 Å². The van der Waals surface area contributed by atoms with Gasteiger partial charge in [0.1, 0.15) is 17.9 Å². The molecule has 2 amide bonds. The molecule has 0 spiro atoms.